The minimum atomic E-state index is -1.21. The summed E-state index contributed by atoms with van der Waals surface area (Å²) in [6.45, 7) is 3.92. The lowest BCUT2D eigenvalue weighted by atomic mass is 10.0. The molecule has 1 rings (SSSR count). The Morgan fingerprint density at radius 3 is 2.79 bits per heavy atom. The zero-order valence-electron chi connectivity index (χ0n) is 8.10. The molecule has 0 aliphatic heterocycles. The molecule has 6 nitrogen and oxygen atoms in total. The van der Waals surface area contributed by atoms with Crippen LogP contribution in [-0.2, 0) is 0 Å². The van der Waals surface area contributed by atoms with Gasteiger partial charge in [-0.05, 0) is 11.1 Å². The average molecular weight is 199 g/mol. The zero-order chi connectivity index (χ0) is 10.7. The van der Waals surface area contributed by atoms with Gasteiger partial charge in [-0.1, -0.05) is 20.3 Å². The van der Waals surface area contributed by atoms with Gasteiger partial charge in [-0.2, -0.15) is 4.98 Å². The molecule has 0 saturated carbocycles. The first kappa shape index (κ1) is 10.6. The molecule has 6 heteroatoms. The molecule has 1 heterocycles. The highest BCUT2D eigenvalue weighted by molar-refractivity contribution is 5.82. The van der Waals surface area contributed by atoms with Gasteiger partial charge in [-0.3, -0.25) is 0 Å². The molecule has 0 bridgehead atoms. The van der Waals surface area contributed by atoms with Gasteiger partial charge in [-0.25, -0.2) is 4.79 Å². The van der Waals surface area contributed by atoms with Crippen molar-refractivity contribution in [1.82, 2.24) is 10.1 Å². The third-order valence-corrected chi connectivity index (χ3v) is 2.18. The van der Waals surface area contributed by atoms with Gasteiger partial charge in [0.1, 0.15) is 0 Å². The highest BCUT2D eigenvalue weighted by atomic mass is 16.5. The van der Waals surface area contributed by atoms with E-state index >= 15 is 0 Å². The van der Waals surface area contributed by atoms with Crippen LogP contribution < -0.4 is 5.73 Å². The fraction of sp³-hybridized carbons (Fsp3) is 0.625. The maximum absolute atomic E-state index is 10.5. The summed E-state index contributed by atoms with van der Waals surface area (Å²) in [5.41, 5.74) is 5.77. The summed E-state index contributed by atoms with van der Waals surface area (Å²) < 4.78 is 4.74. The van der Waals surface area contributed by atoms with Crippen molar-refractivity contribution >= 4 is 5.97 Å². The van der Waals surface area contributed by atoms with Crippen molar-refractivity contribution in [1.29, 1.82) is 0 Å². The molecule has 0 spiro atoms. The second kappa shape index (κ2) is 4.19. The Balaban J connectivity index is 2.81. The van der Waals surface area contributed by atoms with E-state index in [2.05, 4.69) is 10.1 Å². The molecule has 0 radical (unpaired) electrons. The van der Waals surface area contributed by atoms with Crippen molar-refractivity contribution in [2.45, 2.75) is 26.3 Å². The van der Waals surface area contributed by atoms with Crippen LogP contribution in [-0.4, -0.2) is 21.2 Å². The van der Waals surface area contributed by atoms with Gasteiger partial charge in [0.05, 0.1) is 6.04 Å². The van der Waals surface area contributed by atoms with Crippen LogP contribution in [0.3, 0.4) is 0 Å². The summed E-state index contributed by atoms with van der Waals surface area (Å²) in [5, 5.41) is 11.8. The summed E-state index contributed by atoms with van der Waals surface area (Å²) in [7, 11) is 0. The molecule has 1 aromatic heterocycles. The molecule has 2 atom stereocenters. The van der Waals surface area contributed by atoms with Gasteiger partial charge in [0.15, 0.2) is 0 Å². The fourth-order valence-corrected chi connectivity index (χ4v) is 0.955. The number of aromatic nitrogens is 2. The zero-order valence-corrected chi connectivity index (χ0v) is 8.10. The van der Waals surface area contributed by atoms with E-state index in [4.69, 9.17) is 15.4 Å². The van der Waals surface area contributed by atoms with Crippen LogP contribution in [0.2, 0.25) is 0 Å². The highest BCUT2D eigenvalue weighted by Gasteiger charge is 2.21. The topological polar surface area (TPSA) is 102 Å². The van der Waals surface area contributed by atoms with Crippen molar-refractivity contribution in [2.75, 3.05) is 0 Å². The molecule has 0 amide bonds. The molecule has 0 fully saturated rings. The van der Waals surface area contributed by atoms with E-state index in [1.165, 1.54) is 0 Å². The second-order valence-electron chi connectivity index (χ2n) is 3.17. The van der Waals surface area contributed by atoms with E-state index in [9.17, 15) is 4.79 Å². The minimum Gasteiger partial charge on any atom is -0.475 e. The van der Waals surface area contributed by atoms with E-state index in [1.807, 2.05) is 13.8 Å². The molecule has 0 aliphatic rings. The van der Waals surface area contributed by atoms with E-state index < -0.39 is 12.0 Å². The maximum Gasteiger partial charge on any atom is 0.377 e. The smallest absolute Gasteiger partial charge is 0.377 e. The van der Waals surface area contributed by atoms with Crippen LogP contribution >= 0.6 is 0 Å². The fourth-order valence-electron chi connectivity index (χ4n) is 0.955. The largest absolute Gasteiger partial charge is 0.475 e. The van der Waals surface area contributed by atoms with Gasteiger partial charge in [0.2, 0.25) is 5.89 Å². The third-order valence-electron chi connectivity index (χ3n) is 2.18. The maximum atomic E-state index is 10.5. The molecule has 1 aromatic rings. The Bertz CT molecular complexity index is 323. The Labute approximate surface area is 81.1 Å². The number of nitrogens with two attached hydrogens (primary N) is 1. The Morgan fingerprint density at radius 2 is 2.36 bits per heavy atom. The molecular weight excluding hydrogens is 186 g/mol. The minimum absolute atomic E-state index is 0.178. The monoisotopic (exact) mass is 199 g/mol. The quantitative estimate of drug-likeness (QED) is 0.744. The van der Waals surface area contributed by atoms with E-state index in [-0.39, 0.29) is 17.6 Å². The lowest BCUT2D eigenvalue weighted by Crippen LogP contribution is -2.19. The Hall–Kier alpha value is -1.43. The summed E-state index contributed by atoms with van der Waals surface area (Å²) in [5.74, 6) is -1.20. The molecule has 0 saturated heterocycles. The highest BCUT2D eigenvalue weighted by Crippen LogP contribution is 2.19. The first-order chi connectivity index (χ1) is 6.56. The number of carboxylic acid groups (broad SMARTS) is 1. The summed E-state index contributed by atoms with van der Waals surface area (Å²) >= 11 is 0. The molecule has 78 valence electrons. The van der Waals surface area contributed by atoms with Gasteiger partial charge in [-0.15, -0.1) is 0 Å². The van der Waals surface area contributed by atoms with E-state index in [1.54, 1.807) is 0 Å². The van der Waals surface area contributed by atoms with Crippen LogP contribution in [0.4, 0.5) is 0 Å². The van der Waals surface area contributed by atoms with Crippen molar-refractivity contribution in [2.24, 2.45) is 11.7 Å². The van der Waals surface area contributed by atoms with Crippen molar-refractivity contribution in [3.63, 3.8) is 0 Å². The van der Waals surface area contributed by atoms with Crippen molar-refractivity contribution in [3.8, 4) is 0 Å². The predicted molar refractivity (Wildman–Crippen MR) is 47.6 cm³/mol. The molecule has 0 aromatic carbocycles. The summed E-state index contributed by atoms with van der Waals surface area (Å²) in [6, 6.07) is -0.402. The van der Waals surface area contributed by atoms with E-state index in [0.29, 0.717) is 0 Å². The van der Waals surface area contributed by atoms with Gasteiger partial charge in [0.25, 0.3) is 5.82 Å². The predicted octanol–water partition coefficient (Wildman–Crippen LogP) is 0.814. The number of aromatic carboxylic acids is 1. The third kappa shape index (κ3) is 2.08. The number of hydrogen-bond donors (Lipinski definition) is 2. The summed E-state index contributed by atoms with van der Waals surface area (Å²) in [4.78, 5) is 14.1. The number of carboxylic acids is 1. The van der Waals surface area contributed by atoms with Crippen LogP contribution in [0.15, 0.2) is 4.52 Å². The molecule has 0 unspecified atom stereocenters. The second-order valence-corrected chi connectivity index (χ2v) is 3.17. The first-order valence-electron chi connectivity index (χ1n) is 4.38. The average Bonchev–Trinajstić information content (AvgIpc) is 2.64. The number of hydrogen-bond acceptors (Lipinski definition) is 5. The molecule has 3 N–H and O–H groups in total. The molecular formula is C8H13N3O3. The normalized spacial score (nSPS) is 15.1. The summed E-state index contributed by atoms with van der Waals surface area (Å²) in [6.07, 6.45) is 0.867. The lowest BCUT2D eigenvalue weighted by Gasteiger charge is -2.12. The molecule has 0 aliphatic carbocycles. The molecule has 14 heavy (non-hydrogen) atoms. The van der Waals surface area contributed by atoms with Crippen LogP contribution in [0, 0.1) is 5.92 Å². The SMILES string of the molecule is CC[C@H](C)[C@H](N)c1nc(C(=O)O)no1. The number of nitrogens with zero attached hydrogens (tertiary/aromatic N) is 2. The first-order valence-corrected chi connectivity index (χ1v) is 4.38. The van der Waals surface area contributed by atoms with Crippen molar-refractivity contribution < 1.29 is 14.4 Å². The Morgan fingerprint density at radius 1 is 1.71 bits per heavy atom. The van der Waals surface area contributed by atoms with Crippen molar-refractivity contribution in [3.05, 3.63) is 11.7 Å². The van der Waals surface area contributed by atoms with E-state index in [0.717, 1.165) is 6.42 Å². The van der Waals surface area contributed by atoms with Gasteiger partial charge in [0, 0.05) is 0 Å². The van der Waals surface area contributed by atoms with Gasteiger partial charge < -0.3 is 15.4 Å². The number of rotatable bonds is 4. The van der Waals surface area contributed by atoms with Gasteiger partial charge >= 0.3 is 5.97 Å². The van der Waals surface area contributed by atoms with Crippen LogP contribution in [0.1, 0.15) is 42.8 Å². The van der Waals surface area contributed by atoms with Crippen LogP contribution in [0.25, 0.3) is 0 Å². The standard InChI is InChI=1S/C8H13N3O3/c1-3-4(2)5(9)7-10-6(8(12)13)11-14-7/h4-5H,3,9H2,1-2H3,(H,12,13)/t4-,5-/m0/s1. The number of carbonyl (C=O) groups is 1. The Kier molecular flexibility index (Phi) is 3.19. The van der Waals surface area contributed by atoms with Crippen LogP contribution in [0.5, 0.6) is 0 Å². The lowest BCUT2D eigenvalue weighted by molar-refractivity contribution is 0.0680.